The summed E-state index contributed by atoms with van der Waals surface area (Å²) in [7, 11) is 0. The molecule has 2 aliphatic rings. The lowest BCUT2D eigenvalue weighted by atomic mass is 9.79. The van der Waals surface area contributed by atoms with Gasteiger partial charge in [-0.05, 0) is 44.1 Å². The van der Waals surface area contributed by atoms with Gasteiger partial charge in [0.05, 0.1) is 4.92 Å². The molecule has 0 amide bonds. The van der Waals surface area contributed by atoms with Crippen molar-refractivity contribution in [1.82, 2.24) is 4.98 Å². The minimum atomic E-state index is -0.380. The number of nitro groups is 1. The molecule has 2 N–H and O–H groups in total. The van der Waals surface area contributed by atoms with Gasteiger partial charge in [0.2, 0.25) is 0 Å². The molecule has 1 aliphatic heterocycles. The van der Waals surface area contributed by atoms with Gasteiger partial charge in [-0.2, -0.15) is 0 Å². The largest absolute Gasteiger partial charge is 0.356 e. The van der Waals surface area contributed by atoms with Crippen molar-refractivity contribution in [3.05, 3.63) is 27.9 Å². The van der Waals surface area contributed by atoms with Gasteiger partial charge in [-0.1, -0.05) is 0 Å². The number of fused-ring (bicyclic) bond motifs is 1. The molecule has 108 valence electrons. The summed E-state index contributed by atoms with van der Waals surface area (Å²) in [6, 6.07) is 3.66. The molecule has 6 heteroatoms. The monoisotopic (exact) mass is 276 g/mol. The van der Waals surface area contributed by atoms with E-state index < -0.39 is 0 Å². The van der Waals surface area contributed by atoms with Crippen molar-refractivity contribution in [3.8, 4) is 0 Å². The average molecular weight is 276 g/mol. The van der Waals surface area contributed by atoms with Crippen LogP contribution in [0.25, 0.3) is 0 Å². The minimum Gasteiger partial charge on any atom is -0.356 e. The molecule has 1 aliphatic carbocycles. The summed E-state index contributed by atoms with van der Waals surface area (Å²) >= 11 is 0. The number of hydrogen-bond acceptors (Lipinski definition) is 5. The van der Waals surface area contributed by atoms with E-state index in [0.29, 0.717) is 23.6 Å². The summed E-state index contributed by atoms with van der Waals surface area (Å²) in [5, 5.41) is 10.8. The van der Waals surface area contributed by atoms with Crippen molar-refractivity contribution in [3.63, 3.8) is 0 Å². The first kappa shape index (κ1) is 13.3. The van der Waals surface area contributed by atoms with Crippen LogP contribution in [0.15, 0.2) is 12.1 Å². The zero-order valence-corrected chi connectivity index (χ0v) is 11.7. The summed E-state index contributed by atoms with van der Waals surface area (Å²) in [5.74, 6) is 2.21. The van der Waals surface area contributed by atoms with Gasteiger partial charge in [0.15, 0.2) is 0 Å². The van der Waals surface area contributed by atoms with Gasteiger partial charge in [0.1, 0.15) is 11.5 Å². The first-order valence-corrected chi connectivity index (χ1v) is 7.17. The Bertz CT molecular complexity index is 534. The lowest BCUT2D eigenvalue weighted by Crippen LogP contribution is -2.32. The lowest BCUT2D eigenvalue weighted by Gasteiger charge is -2.27. The van der Waals surface area contributed by atoms with E-state index in [1.807, 2.05) is 0 Å². The van der Waals surface area contributed by atoms with Crippen molar-refractivity contribution in [2.45, 2.75) is 32.2 Å². The molecule has 0 spiro atoms. The Labute approximate surface area is 118 Å². The van der Waals surface area contributed by atoms with E-state index in [2.05, 4.69) is 9.88 Å². The molecule has 20 heavy (non-hydrogen) atoms. The lowest BCUT2D eigenvalue weighted by molar-refractivity contribution is -0.385. The second-order valence-electron chi connectivity index (χ2n) is 6.03. The summed E-state index contributed by atoms with van der Waals surface area (Å²) < 4.78 is 0. The molecule has 2 fully saturated rings. The van der Waals surface area contributed by atoms with Gasteiger partial charge in [0.25, 0.3) is 5.69 Å². The predicted octanol–water partition coefficient (Wildman–Crippen LogP) is 1.86. The number of pyridine rings is 1. The van der Waals surface area contributed by atoms with Crippen LogP contribution < -0.4 is 10.6 Å². The van der Waals surface area contributed by atoms with Crippen molar-refractivity contribution in [2.75, 3.05) is 18.0 Å². The van der Waals surface area contributed by atoms with Crippen LogP contribution in [0.1, 0.15) is 25.0 Å². The van der Waals surface area contributed by atoms with Crippen molar-refractivity contribution < 1.29 is 4.92 Å². The minimum absolute atomic E-state index is 0.0902. The van der Waals surface area contributed by atoms with Crippen LogP contribution >= 0.6 is 0 Å². The summed E-state index contributed by atoms with van der Waals surface area (Å²) in [4.78, 5) is 17.1. The highest BCUT2D eigenvalue weighted by Gasteiger charge is 2.37. The number of hydrogen-bond donors (Lipinski definition) is 1. The van der Waals surface area contributed by atoms with Gasteiger partial charge in [0, 0.05) is 25.2 Å². The fourth-order valence-corrected chi connectivity index (χ4v) is 3.56. The van der Waals surface area contributed by atoms with Gasteiger partial charge < -0.3 is 10.6 Å². The summed E-state index contributed by atoms with van der Waals surface area (Å²) in [5.41, 5.74) is 6.62. The Hall–Kier alpha value is -1.69. The van der Waals surface area contributed by atoms with E-state index in [9.17, 15) is 10.1 Å². The van der Waals surface area contributed by atoms with Gasteiger partial charge in [-0.25, -0.2) is 4.98 Å². The molecule has 1 saturated heterocycles. The fraction of sp³-hybridized carbons (Fsp3) is 0.643. The zero-order chi connectivity index (χ0) is 14.3. The predicted molar refractivity (Wildman–Crippen MR) is 76.6 cm³/mol. The third-order valence-corrected chi connectivity index (χ3v) is 4.65. The van der Waals surface area contributed by atoms with Crippen LogP contribution in [0, 0.1) is 28.9 Å². The Morgan fingerprint density at radius 2 is 2.10 bits per heavy atom. The molecule has 0 aromatic carbocycles. The van der Waals surface area contributed by atoms with Crippen LogP contribution in [0.4, 0.5) is 11.5 Å². The molecule has 2 heterocycles. The maximum absolute atomic E-state index is 10.8. The molecule has 0 radical (unpaired) electrons. The molecule has 0 bridgehead atoms. The van der Waals surface area contributed by atoms with Gasteiger partial charge in [-0.15, -0.1) is 0 Å². The Morgan fingerprint density at radius 3 is 2.80 bits per heavy atom. The first-order chi connectivity index (χ1) is 9.54. The number of rotatable bonds is 2. The number of aryl methyl sites for hydroxylation is 1. The number of anilines is 1. The van der Waals surface area contributed by atoms with E-state index in [4.69, 9.17) is 5.73 Å². The van der Waals surface area contributed by atoms with E-state index in [1.54, 1.807) is 19.1 Å². The standard InChI is InChI=1S/C14H20N4O2/c1-9-13(18(19)20)4-5-14(16-9)17-7-10-2-3-12(15)6-11(10)8-17/h4-5,10-12H,2-3,6-8,15H2,1H3/t10-,11+,12?/m1/s1. The van der Waals surface area contributed by atoms with Crippen LogP contribution in [0.5, 0.6) is 0 Å². The van der Waals surface area contributed by atoms with Crippen LogP contribution in [-0.2, 0) is 0 Å². The topological polar surface area (TPSA) is 85.3 Å². The molecule has 1 aromatic rings. The van der Waals surface area contributed by atoms with Crippen LogP contribution in [0.3, 0.4) is 0 Å². The quantitative estimate of drug-likeness (QED) is 0.658. The SMILES string of the molecule is Cc1nc(N2C[C@H]3CCC(N)C[C@H]3C2)ccc1[N+](=O)[O-]. The number of aromatic nitrogens is 1. The second-order valence-corrected chi connectivity index (χ2v) is 6.03. The van der Waals surface area contributed by atoms with Crippen molar-refractivity contribution in [2.24, 2.45) is 17.6 Å². The molecule has 3 atom stereocenters. The van der Waals surface area contributed by atoms with Gasteiger partial charge >= 0.3 is 0 Å². The van der Waals surface area contributed by atoms with E-state index in [-0.39, 0.29) is 10.6 Å². The van der Waals surface area contributed by atoms with Crippen molar-refractivity contribution in [1.29, 1.82) is 0 Å². The average Bonchev–Trinajstić information content (AvgIpc) is 2.81. The van der Waals surface area contributed by atoms with E-state index in [1.165, 1.54) is 6.42 Å². The summed E-state index contributed by atoms with van der Waals surface area (Å²) in [6.45, 7) is 3.67. The number of nitrogens with zero attached hydrogens (tertiary/aromatic N) is 3. The molecule has 1 aromatic heterocycles. The van der Waals surface area contributed by atoms with Crippen molar-refractivity contribution >= 4 is 11.5 Å². The molecular weight excluding hydrogens is 256 g/mol. The van der Waals surface area contributed by atoms with Crippen LogP contribution in [-0.4, -0.2) is 29.0 Å². The summed E-state index contributed by atoms with van der Waals surface area (Å²) in [6.07, 6.45) is 3.39. The molecule has 6 nitrogen and oxygen atoms in total. The Morgan fingerprint density at radius 1 is 1.35 bits per heavy atom. The Kier molecular flexibility index (Phi) is 3.33. The normalized spacial score (nSPS) is 29.3. The maximum atomic E-state index is 10.8. The van der Waals surface area contributed by atoms with Gasteiger partial charge in [-0.3, -0.25) is 10.1 Å². The highest BCUT2D eigenvalue weighted by Crippen LogP contribution is 2.37. The third kappa shape index (κ3) is 2.35. The molecule has 1 unspecified atom stereocenters. The first-order valence-electron chi connectivity index (χ1n) is 7.17. The molecule has 3 rings (SSSR count). The third-order valence-electron chi connectivity index (χ3n) is 4.65. The Balaban J connectivity index is 1.78. The molecule has 1 saturated carbocycles. The molecular formula is C14H20N4O2. The van der Waals surface area contributed by atoms with E-state index in [0.717, 1.165) is 31.7 Å². The number of nitrogens with two attached hydrogens (primary N) is 1. The smallest absolute Gasteiger partial charge is 0.290 e. The highest BCUT2D eigenvalue weighted by atomic mass is 16.6. The highest BCUT2D eigenvalue weighted by molar-refractivity contribution is 5.47. The maximum Gasteiger partial charge on any atom is 0.290 e. The second kappa shape index (κ2) is 5.01. The fourth-order valence-electron chi connectivity index (χ4n) is 3.56. The zero-order valence-electron chi connectivity index (χ0n) is 11.7. The van der Waals surface area contributed by atoms with E-state index >= 15 is 0 Å². The van der Waals surface area contributed by atoms with Crippen LogP contribution in [0.2, 0.25) is 0 Å².